The first-order valence-electron chi connectivity index (χ1n) is 0.716. The molecule has 0 aliphatic heterocycles. The summed E-state index contributed by atoms with van der Waals surface area (Å²) in [6.07, 6.45) is 0. The molecular formula is B2N2. The molecule has 0 heterocycles. The summed E-state index contributed by atoms with van der Waals surface area (Å²) in [7, 11) is 8.72. The Kier molecular flexibility index (Phi) is 2.55. The lowest BCUT2D eigenvalue weighted by Gasteiger charge is -1.54. The highest BCUT2D eigenvalue weighted by molar-refractivity contribution is 6.09. The van der Waals surface area contributed by atoms with Gasteiger partial charge in [-0.05, 0) is 0 Å². The fourth-order valence-electron chi connectivity index (χ4n) is 0. The van der Waals surface area contributed by atoms with E-state index in [9.17, 15) is 0 Å². The first kappa shape index (κ1) is 3.73. The molecule has 2 nitrogen and oxygen atoms in total. The Morgan fingerprint density at radius 3 is 1.25 bits per heavy atom. The number of rotatable bonds is 0. The van der Waals surface area contributed by atoms with Gasteiger partial charge in [0.1, 0.15) is 0 Å². The predicted octanol–water partition coefficient (Wildman–Crippen LogP) is -0.394. The molecule has 0 bridgehead atoms. The van der Waals surface area contributed by atoms with E-state index in [1.165, 1.54) is 0 Å². The molecule has 0 unspecified atom stereocenters. The Balaban J connectivity index is 2.55. The minimum atomic E-state index is 2.64. The number of hydrogen-bond donors (Lipinski definition) is 0. The van der Waals surface area contributed by atoms with E-state index in [1.807, 2.05) is 0 Å². The molecule has 0 aliphatic carbocycles. The molecule has 0 spiro atoms. The lowest BCUT2D eigenvalue weighted by atomic mass is 10.5. The molecule has 4 radical (unpaired) electrons. The molecule has 4 heteroatoms. The van der Waals surface area contributed by atoms with Crippen molar-refractivity contribution in [3.8, 4) is 0 Å². The Morgan fingerprint density at radius 1 is 1.00 bits per heavy atom. The maximum atomic E-state index is 4.36. The van der Waals surface area contributed by atoms with Crippen LogP contribution in [0.4, 0.5) is 0 Å². The van der Waals surface area contributed by atoms with Crippen LogP contribution in [-0.2, 0) is 0 Å². The molecule has 0 aromatic rings. The van der Waals surface area contributed by atoms with Gasteiger partial charge in [0, 0.05) is 0 Å². The third-order valence-corrected chi connectivity index (χ3v) is 0.0667. The van der Waals surface area contributed by atoms with Gasteiger partial charge in [0.2, 0.25) is 0 Å². The van der Waals surface area contributed by atoms with E-state index in [1.54, 1.807) is 0 Å². The average molecular weight is 49.6 g/mol. The molecule has 0 saturated carbocycles. The molecular weight excluding hydrogens is 49.6 g/mol. The standard InChI is InChI=1S/B2N2/c1-3-4-2. The molecule has 0 N–H and O–H groups in total. The largest absolute Gasteiger partial charge is 0.290 e. The average Bonchev–Trinajstić information content (AvgIpc) is 1.37. The maximum Gasteiger partial charge on any atom is 0.290 e. The van der Waals surface area contributed by atoms with Gasteiger partial charge in [-0.1, -0.05) is 0 Å². The topological polar surface area (TPSA) is 24.7 Å². The smallest absolute Gasteiger partial charge is 0.290 e. The van der Waals surface area contributed by atoms with E-state index in [4.69, 9.17) is 0 Å². The highest BCUT2D eigenvalue weighted by Crippen LogP contribution is 1.44. The van der Waals surface area contributed by atoms with Crippen LogP contribution in [0.2, 0.25) is 0 Å². The summed E-state index contributed by atoms with van der Waals surface area (Å²) in [6, 6.07) is 0. The van der Waals surface area contributed by atoms with E-state index in [0.717, 1.165) is 0 Å². The second-order valence-electron chi connectivity index (χ2n) is 0.231. The summed E-state index contributed by atoms with van der Waals surface area (Å²) < 4.78 is 0. The van der Waals surface area contributed by atoms with E-state index < -0.39 is 0 Å². The van der Waals surface area contributed by atoms with Crippen molar-refractivity contribution in [1.29, 1.82) is 0 Å². The van der Waals surface area contributed by atoms with Crippen LogP contribution in [0.25, 0.3) is 0 Å². The quantitative estimate of drug-likeness (QED) is 0.263. The molecule has 0 rings (SSSR count). The van der Waals surface area contributed by atoms with Crippen molar-refractivity contribution in [2.24, 2.45) is 10.1 Å². The van der Waals surface area contributed by atoms with Crippen LogP contribution in [0.5, 0.6) is 0 Å². The second kappa shape index (κ2) is 2.73. The van der Waals surface area contributed by atoms with Crippen molar-refractivity contribution in [1.82, 2.24) is 0 Å². The highest BCUT2D eigenvalue weighted by atomic mass is 15.0. The van der Waals surface area contributed by atoms with E-state index in [0.29, 0.717) is 0 Å². The molecule has 16 valence electrons. The van der Waals surface area contributed by atoms with Crippen LogP contribution < -0.4 is 0 Å². The van der Waals surface area contributed by atoms with E-state index in [-0.39, 0.29) is 0 Å². The lowest BCUT2D eigenvalue weighted by Crippen LogP contribution is -1.45. The minimum Gasteiger partial charge on any atom is -0.290 e. The molecule has 4 heavy (non-hydrogen) atoms. The molecule has 0 fully saturated rings. The number of hydrogen-bond acceptors (Lipinski definition) is 2. The first-order chi connectivity index (χ1) is 1.91. The van der Waals surface area contributed by atoms with Crippen LogP contribution in [0.15, 0.2) is 10.1 Å². The van der Waals surface area contributed by atoms with Gasteiger partial charge in [0.15, 0.2) is 0 Å². The molecule has 0 saturated heterocycles. The van der Waals surface area contributed by atoms with Gasteiger partial charge in [-0.2, -0.15) is 0 Å². The Morgan fingerprint density at radius 2 is 1.25 bits per heavy atom. The zero-order chi connectivity index (χ0) is 3.41. The molecule has 0 aromatic heterocycles. The first-order valence-corrected chi connectivity index (χ1v) is 0.716. The van der Waals surface area contributed by atoms with E-state index in [2.05, 4.69) is 26.0 Å². The SMILES string of the molecule is [B]N=N[B]. The maximum absolute atomic E-state index is 4.36. The van der Waals surface area contributed by atoms with Crippen LogP contribution >= 0.6 is 0 Å². The van der Waals surface area contributed by atoms with Crippen molar-refractivity contribution in [3.05, 3.63) is 0 Å². The third kappa shape index (κ3) is 1.73. The van der Waals surface area contributed by atoms with Crippen molar-refractivity contribution >= 4 is 16.0 Å². The monoisotopic (exact) mass is 50.0 g/mol. The van der Waals surface area contributed by atoms with Gasteiger partial charge in [0.05, 0.1) is 0 Å². The fourth-order valence-corrected chi connectivity index (χ4v) is 0. The summed E-state index contributed by atoms with van der Waals surface area (Å²) >= 11 is 0. The summed E-state index contributed by atoms with van der Waals surface area (Å²) in [5.41, 5.74) is 0. The zero-order valence-corrected chi connectivity index (χ0v) is 2.05. The van der Waals surface area contributed by atoms with Crippen LogP contribution in [0, 0.1) is 0 Å². The molecule has 0 aromatic carbocycles. The Hall–Kier alpha value is -0.270. The van der Waals surface area contributed by atoms with Crippen LogP contribution in [0.3, 0.4) is 0 Å². The van der Waals surface area contributed by atoms with Gasteiger partial charge in [-0.3, -0.25) is 10.1 Å². The van der Waals surface area contributed by atoms with Crippen molar-refractivity contribution in [2.75, 3.05) is 0 Å². The van der Waals surface area contributed by atoms with Crippen molar-refractivity contribution < 1.29 is 0 Å². The summed E-state index contributed by atoms with van der Waals surface area (Å²) in [6.45, 7) is 0. The molecule has 0 atom stereocenters. The zero-order valence-electron chi connectivity index (χ0n) is 2.05. The summed E-state index contributed by atoms with van der Waals surface area (Å²) in [4.78, 5) is 0. The third-order valence-electron chi connectivity index (χ3n) is 0.0667. The van der Waals surface area contributed by atoms with Gasteiger partial charge < -0.3 is 0 Å². The summed E-state index contributed by atoms with van der Waals surface area (Å²) in [5.74, 6) is 0. The van der Waals surface area contributed by atoms with E-state index >= 15 is 0 Å². The van der Waals surface area contributed by atoms with Gasteiger partial charge in [0.25, 0.3) is 16.0 Å². The lowest BCUT2D eigenvalue weighted by molar-refractivity contribution is 1.49. The van der Waals surface area contributed by atoms with Crippen LogP contribution in [-0.4, -0.2) is 16.0 Å². The second-order valence-corrected chi connectivity index (χ2v) is 0.231. The minimum absolute atomic E-state index is 2.64. The normalized spacial score (nSPS) is 9.00. The number of nitrogens with zero attached hydrogens (tertiary/aromatic N) is 2. The fraction of sp³-hybridized carbons (Fsp3) is 0. The summed E-state index contributed by atoms with van der Waals surface area (Å²) in [5, 5.41) is 5.28. The van der Waals surface area contributed by atoms with Gasteiger partial charge in [-0.15, -0.1) is 0 Å². The molecule has 0 amide bonds. The van der Waals surface area contributed by atoms with Gasteiger partial charge >= 0.3 is 0 Å². The highest BCUT2D eigenvalue weighted by Gasteiger charge is 1.36. The van der Waals surface area contributed by atoms with Crippen molar-refractivity contribution in [3.63, 3.8) is 0 Å². The Bertz CT molecular complexity index is 19.2. The van der Waals surface area contributed by atoms with Crippen LogP contribution in [0.1, 0.15) is 0 Å². The molecule has 0 aliphatic rings. The van der Waals surface area contributed by atoms with Crippen molar-refractivity contribution in [2.45, 2.75) is 0 Å². The predicted molar refractivity (Wildman–Crippen MR) is 16.4 cm³/mol. The Labute approximate surface area is 27.2 Å². The van der Waals surface area contributed by atoms with Gasteiger partial charge in [-0.25, -0.2) is 0 Å².